The van der Waals surface area contributed by atoms with Crippen LogP contribution in [0.1, 0.15) is 58.2 Å². The van der Waals surface area contributed by atoms with Crippen molar-refractivity contribution < 1.29 is 18.0 Å². The smallest absolute Gasteiger partial charge is 0.336 e. The fourth-order valence-electron chi connectivity index (χ4n) is 2.38. The number of hydrogen-bond donors (Lipinski definition) is 0. The van der Waals surface area contributed by atoms with E-state index in [9.17, 15) is 18.0 Å². The third-order valence-electron chi connectivity index (χ3n) is 3.51. The zero-order chi connectivity index (χ0) is 17.1. The van der Waals surface area contributed by atoms with Crippen molar-refractivity contribution in [2.75, 3.05) is 6.54 Å². The van der Waals surface area contributed by atoms with E-state index >= 15 is 0 Å². The first-order chi connectivity index (χ1) is 9.95. The summed E-state index contributed by atoms with van der Waals surface area (Å²) in [6.45, 7) is 9.96. The molecule has 0 fully saturated rings. The molecule has 0 radical (unpaired) electrons. The Morgan fingerprint density at radius 3 is 2.27 bits per heavy atom. The molecule has 0 N–H and O–H groups in total. The van der Waals surface area contributed by atoms with Crippen molar-refractivity contribution in [3.63, 3.8) is 0 Å². The van der Waals surface area contributed by atoms with Gasteiger partial charge in [0.2, 0.25) is 5.91 Å². The quantitative estimate of drug-likeness (QED) is 0.761. The Morgan fingerprint density at radius 1 is 1.23 bits per heavy atom. The third kappa shape index (κ3) is 5.04. The number of benzene rings is 1. The molecule has 0 aliphatic rings. The predicted molar refractivity (Wildman–Crippen MR) is 81.3 cm³/mol. The highest BCUT2D eigenvalue weighted by atomic mass is 19.4. The number of carbonyl (C=O) groups excluding carboxylic acids is 1. The number of rotatable bonds is 4. The maximum Gasteiger partial charge on any atom is 0.416 e. The van der Waals surface area contributed by atoms with Gasteiger partial charge in [0.15, 0.2) is 0 Å². The summed E-state index contributed by atoms with van der Waals surface area (Å²) in [5.74, 6) is -0.0417. The molecule has 0 aliphatic carbocycles. The van der Waals surface area contributed by atoms with Crippen LogP contribution in [0.5, 0.6) is 0 Å². The van der Waals surface area contributed by atoms with Crippen molar-refractivity contribution in [1.29, 1.82) is 0 Å². The minimum absolute atomic E-state index is 0.0417. The van der Waals surface area contributed by atoms with Gasteiger partial charge in [0.1, 0.15) is 0 Å². The van der Waals surface area contributed by atoms with Crippen LogP contribution in [0.2, 0.25) is 0 Å². The molecule has 0 aromatic heterocycles. The van der Waals surface area contributed by atoms with Gasteiger partial charge in [0, 0.05) is 13.0 Å². The van der Waals surface area contributed by atoms with Gasteiger partial charge in [0.05, 0.1) is 11.6 Å². The molecule has 0 spiro atoms. The van der Waals surface area contributed by atoms with Gasteiger partial charge in [0.25, 0.3) is 0 Å². The van der Waals surface area contributed by atoms with E-state index in [1.54, 1.807) is 17.9 Å². The molecule has 124 valence electrons. The fourth-order valence-corrected chi connectivity index (χ4v) is 2.38. The molecule has 1 aromatic carbocycles. The van der Waals surface area contributed by atoms with Crippen molar-refractivity contribution in [3.05, 3.63) is 35.4 Å². The van der Waals surface area contributed by atoms with Crippen molar-refractivity contribution in [2.24, 2.45) is 5.41 Å². The highest BCUT2D eigenvalue weighted by Gasteiger charge is 2.31. The maximum atomic E-state index is 12.8. The molecule has 22 heavy (non-hydrogen) atoms. The molecule has 1 unspecified atom stereocenters. The van der Waals surface area contributed by atoms with E-state index in [0.717, 1.165) is 12.1 Å². The maximum absolute atomic E-state index is 12.8. The van der Waals surface area contributed by atoms with E-state index < -0.39 is 11.7 Å². The molecule has 0 heterocycles. The molecule has 0 bridgehead atoms. The first kappa shape index (κ1) is 18.5. The number of amides is 1. The second kappa shape index (κ2) is 6.71. The van der Waals surface area contributed by atoms with Gasteiger partial charge in [-0.1, -0.05) is 32.9 Å². The topological polar surface area (TPSA) is 20.3 Å². The standard InChI is InChI=1S/C17H24F3NO/c1-6-21(15(22)11-16(3,4)5)12(2)13-8-7-9-14(10-13)17(18,19)20/h7-10,12H,6,11H2,1-5H3. The Balaban J connectivity index is 3.02. The van der Waals surface area contributed by atoms with Crippen molar-refractivity contribution >= 4 is 5.91 Å². The second-order valence-electron chi connectivity index (χ2n) is 6.72. The van der Waals surface area contributed by atoms with Crippen LogP contribution >= 0.6 is 0 Å². The van der Waals surface area contributed by atoms with Gasteiger partial charge in [-0.15, -0.1) is 0 Å². The fraction of sp³-hybridized carbons (Fsp3) is 0.588. The van der Waals surface area contributed by atoms with Crippen LogP contribution in [0, 0.1) is 5.41 Å². The number of hydrogen-bond acceptors (Lipinski definition) is 1. The molecule has 1 amide bonds. The molecular formula is C17H24F3NO. The predicted octanol–water partition coefficient (Wildman–Crippen LogP) is 5.05. The molecule has 2 nitrogen and oxygen atoms in total. The normalized spacial score (nSPS) is 13.8. The Bertz CT molecular complexity index is 517. The van der Waals surface area contributed by atoms with Crippen molar-refractivity contribution in [1.82, 2.24) is 4.90 Å². The summed E-state index contributed by atoms with van der Waals surface area (Å²) < 4.78 is 38.4. The zero-order valence-corrected chi connectivity index (χ0v) is 13.8. The van der Waals surface area contributed by atoms with Gasteiger partial charge in [-0.3, -0.25) is 4.79 Å². The van der Waals surface area contributed by atoms with E-state index in [0.29, 0.717) is 18.5 Å². The Kier molecular flexibility index (Phi) is 5.65. The highest BCUT2D eigenvalue weighted by Crippen LogP contribution is 2.32. The van der Waals surface area contributed by atoms with E-state index in [-0.39, 0.29) is 17.4 Å². The minimum atomic E-state index is -4.37. The molecule has 0 saturated heterocycles. The number of carbonyl (C=O) groups is 1. The molecule has 1 atom stereocenters. The average molecular weight is 315 g/mol. The van der Waals surface area contributed by atoms with E-state index in [1.807, 2.05) is 27.7 Å². The van der Waals surface area contributed by atoms with Crippen LogP contribution in [-0.2, 0) is 11.0 Å². The van der Waals surface area contributed by atoms with E-state index in [1.165, 1.54) is 6.07 Å². The molecule has 1 rings (SSSR count). The van der Waals surface area contributed by atoms with Crippen LogP contribution in [0.4, 0.5) is 13.2 Å². The molecular weight excluding hydrogens is 291 g/mol. The van der Waals surface area contributed by atoms with Crippen LogP contribution in [-0.4, -0.2) is 17.4 Å². The van der Waals surface area contributed by atoms with Gasteiger partial charge in [-0.05, 0) is 37.0 Å². The van der Waals surface area contributed by atoms with Crippen LogP contribution < -0.4 is 0 Å². The Hall–Kier alpha value is -1.52. The Morgan fingerprint density at radius 2 is 1.82 bits per heavy atom. The average Bonchev–Trinajstić information content (AvgIpc) is 2.36. The summed E-state index contributed by atoms with van der Waals surface area (Å²) in [5, 5.41) is 0. The Labute approximate surface area is 130 Å². The largest absolute Gasteiger partial charge is 0.416 e. The highest BCUT2D eigenvalue weighted by molar-refractivity contribution is 5.77. The molecule has 0 aliphatic heterocycles. The first-order valence-electron chi connectivity index (χ1n) is 7.42. The lowest BCUT2D eigenvalue weighted by Crippen LogP contribution is -2.35. The summed E-state index contributed by atoms with van der Waals surface area (Å²) in [6.07, 6.45) is -4.01. The molecule has 1 aromatic rings. The number of halogens is 3. The summed E-state index contributed by atoms with van der Waals surface area (Å²) in [6, 6.07) is 4.80. The van der Waals surface area contributed by atoms with E-state index in [4.69, 9.17) is 0 Å². The van der Waals surface area contributed by atoms with Crippen LogP contribution in [0.25, 0.3) is 0 Å². The van der Waals surface area contributed by atoms with E-state index in [2.05, 4.69) is 0 Å². The molecule has 5 heteroatoms. The lowest BCUT2D eigenvalue weighted by Gasteiger charge is -2.31. The van der Waals surface area contributed by atoms with Gasteiger partial charge in [-0.25, -0.2) is 0 Å². The molecule has 0 saturated carbocycles. The summed E-state index contributed by atoms with van der Waals surface area (Å²) in [4.78, 5) is 14.0. The number of nitrogens with zero attached hydrogens (tertiary/aromatic N) is 1. The van der Waals surface area contributed by atoms with Crippen LogP contribution in [0.15, 0.2) is 24.3 Å². The summed E-state index contributed by atoms with van der Waals surface area (Å²) in [5.41, 5.74) is -0.340. The van der Waals surface area contributed by atoms with Crippen LogP contribution in [0.3, 0.4) is 0 Å². The third-order valence-corrected chi connectivity index (χ3v) is 3.51. The summed E-state index contributed by atoms with van der Waals surface area (Å²) in [7, 11) is 0. The number of alkyl halides is 3. The monoisotopic (exact) mass is 315 g/mol. The van der Waals surface area contributed by atoms with Gasteiger partial charge in [-0.2, -0.15) is 13.2 Å². The lowest BCUT2D eigenvalue weighted by atomic mass is 9.91. The zero-order valence-electron chi connectivity index (χ0n) is 13.8. The second-order valence-corrected chi connectivity index (χ2v) is 6.72. The first-order valence-corrected chi connectivity index (χ1v) is 7.42. The minimum Gasteiger partial charge on any atom is -0.336 e. The van der Waals surface area contributed by atoms with Crippen molar-refractivity contribution in [3.8, 4) is 0 Å². The van der Waals surface area contributed by atoms with Gasteiger partial charge >= 0.3 is 6.18 Å². The van der Waals surface area contributed by atoms with Crippen molar-refractivity contribution in [2.45, 2.75) is 53.3 Å². The van der Waals surface area contributed by atoms with Gasteiger partial charge < -0.3 is 4.90 Å². The lowest BCUT2D eigenvalue weighted by molar-refractivity contribution is -0.137. The summed E-state index contributed by atoms with van der Waals surface area (Å²) >= 11 is 0. The SMILES string of the molecule is CCN(C(=O)CC(C)(C)C)C(C)c1cccc(C(F)(F)F)c1.